The zero-order chi connectivity index (χ0) is 28.8. The van der Waals surface area contributed by atoms with Gasteiger partial charge in [0.15, 0.2) is 17.5 Å². The summed E-state index contributed by atoms with van der Waals surface area (Å²) < 4.78 is 13.0. The number of fused-ring (bicyclic) bond motifs is 7. The van der Waals surface area contributed by atoms with E-state index < -0.39 is 0 Å². The van der Waals surface area contributed by atoms with Gasteiger partial charge in [-0.3, -0.25) is 0 Å². The first-order valence-electron chi connectivity index (χ1n) is 14.6. The van der Waals surface area contributed by atoms with Crippen LogP contribution in [0.5, 0.6) is 0 Å². The van der Waals surface area contributed by atoms with Crippen LogP contribution < -0.4 is 0 Å². The third-order valence-electron chi connectivity index (χ3n) is 8.67. The molecule has 5 heteroatoms. The van der Waals surface area contributed by atoms with E-state index in [-0.39, 0.29) is 0 Å². The van der Waals surface area contributed by atoms with Gasteiger partial charge in [0.05, 0.1) is 0 Å². The lowest BCUT2D eigenvalue weighted by molar-refractivity contribution is 0.656. The molecule has 0 amide bonds. The number of nitrogens with zero attached hydrogens (tertiary/aromatic N) is 3. The molecule has 0 saturated carbocycles. The fraction of sp³-hybridized carbons (Fsp3) is 0. The Morgan fingerprint density at radius 3 is 1.52 bits per heavy atom. The third-order valence-corrected chi connectivity index (χ3v) is 8.67. The first kappa shape index (κ1) is 23.5. The Morgan fingerprint density at radius 2 is 0.841 bits per heavy atom. The summed E-state index contributed by atoms with van der Waals surface area (Å²) in [4.78, 5) is 15.0. The van der Waals surface area contributed by atoms with Crippen molar-refractivity contribution in [1.29, 1.82) is 0 Å². The van der Waals surface area contributed by atoms with Crippen LogP contribution in [-0.4, -0.2) is 15.0 Å². The molecule has 5 nitrogen and oxygen atoms in total. The predicted octanol–water partition coefficient (Wildman–Crippen LogP) is 10.4. The number of benzene rings is 7. The maximum absolute atomic E-state index is 6.60. The van der Waals surface area contributed by atoms with Gasteiger partial charge in [0.25, 0.3) is 0 Å². The molecule has 10 rings (SSSR count). The topological polar surface area (TPSA) is 65.0 Å². The van der Waals surface area contributed by atoms with Crippen molar-refractivity contribution in [2.45, 2.75) is 0 Å². The number of hydrogen-bond donors (Lipinski definition) is 0. The van der Waals surface area contributed by atoms with Gasteiger partial charge in [0.1, 0.15) is 22.3 Å². The smallest absolute Gasteiger partial charge is 0.164 e. The van der Waals surface area contributed by atoms with Gasteiger partial charge in [-0.05, 0) is 28.3 Å². The van der Waals surface area contributed by atoms with E-state index in [0.29, 0.717) is 17.5 Å². The highest BCUT2D eigenvalue weighted by Gasteiger charge is 2.24. The quantitative estimate of drug-likeness (QED) is 0.200. The van der Waals surface area contributed by atoms with Crippen molar-refractivity contribution in [1.82, 2.24) is 15.0 Å². The fourth-order valence-corrected chi connectivity index (χ4v) is 6.82. The molecule has 0 atom stereocenters. The average molecular weight is 564 g/mol. The molecule has 0 saturated heterocycles. The summed E-state index contributed by atoms with van der Waals surface area (Å²) in [5.74, 6) is 1.85. The van der Waals surface area contributed by atoms with Gasteiger partial charge < -0.3 is 8.83 Å². The maximum atomic E-state index is 6.60. The van der Waals surface area contributed by atoms with E-state index >= 15 is 0 Å². The van der Waals surface area contributed by atoms with E-state index in [1.807, 2.05) is 84.9 Å². The molecule has 44 heavy (non-hydrogen) atoms. The highest BCUT2D eigenvalue weighted by atomic mass is 16.3. The first-order chi connectivity index (χ1) is 21.8. The highest BCUT2D eigenvalue weighted by Crippen LogP contribution is 2.49. The van der Waals surface area contributed by atoms with Crippen LogP contribution >= 0.6 is 0 Å². The SMILES string of the molecule is c1ccc(-c2nc(-c3ccccc3)nc(-c3cccc4oc5cc6oc7cccc8c9ccccc9c(c5c34)c6c78)n2)cc1. The molecule has 0 N–H and O–H groups in total. The average Bonchev–Trinajstić information content (AvgIpc) is 3.66. The van der Waals surface area contributed by atoms with Crippen LogP contribution in [0.15, 0.2) is 136 Å². The Morgan fingerprint density at radius 1 is 0.341 bits per heavy atom. The van der Waals surface area contributed by atoms with Crippen molar-refractivity contribution in [3.05, 3.63) is 127 Å². The van der Waals surface area contributed by atoms with Crippen LogP contribution in [0.4, 0.5) is 0 Å². The van der Waals surface area contributed by atoms with Gasteiger partial charge in [0, 0.05) is 49.7 Å². The van der Waals surface area contributed by atoms with Gasteiger partial charge >= 0.3 is 0 Å². The van der Waals surface area contributed by atoms with Crippen LogP contribution in [0.25, 0.3) is 99.6 Å². The van der Waals surface area contributed by atoms with Gasteiger partial charge in [-0.2, -0.15) is 0 Å². The summed E-state index contributed by atoms with van der Waals surface area (Å²) in [5, 5.41) is 8.93. The summed E-state index contributed by atoms with van der Waals surface area (Å²) in [5.41, 5.74) is 6.00. The lowest BCUT2D eigenvalue weighted by Gasteiger charge is -2.11. The lowest BCUT2D eigenvalue weighted by atomic mass is 9.91. The molecule has 7 aromatic carbocycles. The normalized spacial score (nSPS) is 12.1. The number of hydrogen-bond acceptors (Lipinski definition) is 5. The van der Waals surface area contributed by atoms with E-state index in [1.165, 1.54) is 10.8 Å². The van der Waals surface area contributed by atoms with Crippen molar-refractivity contribution in [3.8, 4) is 34.2 Å². The zero-order valence-corrected chi connectivity index (χ0v) is 23.3. The predicted molar refractivity (Wildman–Crippen MR) is 177 cm³/mol. The van der Waals surface area contributed by atoms with Crippen LogP contribution in [0.1, 0.15) is 0 Å². The van der Waals surface area contributed by atoms with Gasteiger partial charge in [0.2, 0.25) is 0 Å². The summed E-state index contributed by atoms with van der Waals surface area (Å²) in [6, 6.07) is 43.1. The summed E-state index contributed by atoms with van der Waals surface area (Å²) >= 11 is 0. The number of rotatable bonds is 3. The first-order valence-corrected chi connectivity index (χ1v) is 14.6. The van der Waals surface area contributed by atoms with Crippen molar-refractivity contribution < 1.29 is 8.83 Å². The molecule has 0 bridgehead atoms. The van der Waals surface area contributed by atoms with Crippen molar-refractivity contribution >= 4 is 65.4 Å². The molecule has 0 spiro atoms. The van der Waals surface area contributed by atoms with E-state index in [2.05, 4.69) is 42.5 Å². The summed E-state index contributed by atoms with van der Waals surface area (Å²) in [6.07, 6.45) is 0. The fourth-order valence-electron chi connectivity index (χ4n) is 6.82. The van der Waals surface area contributed by atoms with E-state index in [9.17, 15) is 0 Å². The maximum Gasteiger partial charge on any atom is 0.164 e. The molecule has 204 valence electrons. The van der Waals surface area contributed by atoms with Gasteiger partial charge in [-0.1, -0.05) is 109 Å². The summed E-state index contributed by atoms with van der Waals surface area (Å²) in [6.45, 7) is 0. The second-order valence-electron chi connectivity index (χ2n) is 11.1. The van der Waals surface area contributed by atoms with Gasteiger partial charge in [-0.25, -0.2) is 15.0 Å². The highest BCUT2D eigenvalue weighted by molar-refractivity contribution is 6.40. The molecule has 0 aliphatic heterocycles. The van der Waals surface area contributed by atoms with E-state index in [4.69, 9.17) is 23.8 Å². The van der Waals surface area contributed by atoms with Crippen LogP contribution in [-0.2, 0) is 0 Å². The van der Waals surface area contributed by atoms with Crippen molar-refractivity contribution in [3.63, 3.8) is 0 Å². The molecule has 0 fully saturated rings. The molecular formula is C39H21N3O2. The summed E-state index contributed by atoms with van der Waals surface area (Å²) in [7, 11) is 0. The van der Waals surface area contributed by atoms with Crippen LogP contribution in [0.3, 0.4) is 0 Å². The Kier molecular flexibility index (Phi) is 4.66. The molecular weight excluding hydrogens is 542 g/mol. The minimum atomic E-state index is 0.597. The van der Waals surface area contributed by atoms with Crippen molar-refractivity contribution in [2.24, 2.45) is 0 Å². The van der Waals surface area contributed by atoms with E-state index in [0.717, 1.165) is 71.3 Å². The molecule has 3 aromatic heterocycles. The second-order valence-corrected chi connectivity index (χ2v) is 11.1. The lowest BCUT2D eigenvalue weighted by Crippen LogP contribution is -2.00. The molecule has 0 radical (unpaired) electrons. The van der Waals surface area contributed by atoms with Gasteiger partial charge in [-0.15, -0.1) is 0 Å². The molecule has 0 unspecified atom stereocenters. The molecule has 0 aliphatic rings. The Hall–Kier alpha value is -6.07. The second kappa shape index (κ2) is 8.72. The monoisotopic (exact) mass is 563 g/mol. The Balaban J connectivity index is 1.37. The Labute approximate surface area is 250 Å². The van der Waals surface area contributed by atoms with E-state index in [1.54, 1.807) is 0 Å². The van der Waals surface area contributed by atoms with Crippen LogP contribution in [0.2, 0.25) is 0 Å². The van der Waals surface area contributed by atoms with Crippen molar-refractivity contribution in [2.75, 3.05) is 0 Å². The molecule has 10 aromatic rings. The standard InChI is InChI=1S/C39H21N3O2/c1-3-11-22(12-4-1)37-40-38(23-13-5-2-6-14-23)42-39(41-37)27-18-10-20-29-33(27)36-31(44-29)21-30-35-32-25(17-9-19-28(32)43-30)24-15-7-8-16-26(24)34(35)36/h1-21H. The number of aromatic nitrogens is 3. The molecule has 0 aliphatic carbocycles. The van der Waals surface area contributed by atoms with Crippen LogP contribution in [0, 0.1) is 0 Å². The minimum absolute atomic E-state index is 0.597. The zero-order valence-electron chi connectivity index (χ0n) is 23.3. The Bertz CT molecular complexity index is 2650. The third kappa shape index (κ3) is 3.21. The minimum Gasteiger partial charge on any atom is -0.456 e. The largest absolute Gasteiger partial charge is 0.456 e. The molecule has 3 heterocycles. The number of furan rings is 2.